The lowest BCUT2D eigenvalue weighted by Crippen LogP contribution is -2.58. The maximum Gasteiger partial charge on any atom is 0.407 e. The number of methoxy groups -OCH3 is 1. The molecule has 2 aromatic heterocycles. The number of H-pyrrole nitrogens is 2. The molecular weight excluding hydrogens is 703 g/mol. The van der Waals surface area contributed by atoms with E-state index in [9.17, 15) is 14.4 Å². The van der Waals surface area contributed by atoms with Crippen molar-refractivity contribution in [2.24, 2.45) is 23.7 Å². The number of ether oxygens (including phenoxy) is 1. The molecule has 1 aliphatic heterocycles. The molecule has 4 aliphatic rings. The van der Waals surface area contributed by atoms with Gasteiger partial charge >= 0.3 is 6.09 Å². The lowest BCUT2D eigenvalue weighted by molar-refractivity contribution is -0.146. The molecule has 4 fully saturated rings. The Kier molecular flexibility index (Phi) is 9.26. The van der Waals surface area contributed by atoms with E-state index in [1.165, 1.54) is 12.7 Å². The van der Waals surface area contributed by atoms with Crippen LogP contribution in [0.2, 0.25) is 0 Å². The number of aromatic amines is 2. The number of carbonyl (C=O) groups is 3. The van der Waals surface area contributed by atoms with Gasteiger partial charge in [0.1, 0.15) is 17.7 Å². The van der Waals surface area contributed by atoms with Crippen LogP contribution in [0.3, 0.4) is 0 Å². The molecule has 1 unspecified atom stereocenters. The fourth-order valence-corrected chi connectivity index (χ4v) is 9.43. The third-order valence-electron chi connectivity index (χ3n) is 12.9. The number of benzene rings is 3. The average molecular weight is 752 g/mol. The average Bonchev–Trinajstić information content (AvgIpc) is 3.59. The van der Waals surface area contributed by atoms with E-state index in [0.717, 1.165) is 83.8 Å². The first-order valence-electron chi connectivity index (χ1n) is 20.1. The summed E-state index contributed by atoms with van der Waals surface area (Å²) in [5.74, 6) is 2.70. The molecule has 0 radical (unpaired) electrons. The third kappa shape index (κ3) is 6.46. The zero-order valence-corrected chi connectivity index (χ0v) is 32.1. The predicted molar refractivity (Wildman–Crippen MR) is 213 cm³/mol. The molecule has 1 saturated heterocycles. The van der Waals surface area contributed by atoms with E-state index < -0.39 is 12.1 Å². The van der Waals surface area contributed by atoms with Crippen molar-refractivity contribution in [1.82, 2.24) is 35.5 Å². The summed E-state index contributed by atoms with van der Waals surface area (Å²) in [6.07, 6.45) is 9.04. The molecule has 4 N–H and O–H groups in total. The number of imidazole rings is 2. The topological polar surface area (TPSA) is 145 Å². The maximum atomic E-state index is 13.8. The highest BCUT2D eigenvalue weighted by molar-refractivity contribution is 5.86. The predicted octanol–water partition coefficient (Wildman–Crippen LogP) is 7.72. The van der Waals surface area contributed by atoms with Crippen LogP contribution in [-0.2, 0) is 19.9 Å². The van der Waals surface area contributed by atoms with Gasteiger partial charge in [-0.2, -0.15) is 0 Å². The summed E-state index contributed by atoms with van der Waals surface area (Å²) < 4.78 is 4.77. The van der Waals surface area contributed by atoms with Gasteiger partial charge in [0.2, 0.25) is 11.8 Å². The molecule has 9 rings (SSSR count). The van der Waals surface area contributed by atoms with Crippen LogP contribution in [0.5, 0.6) is 0 Å². The quantitative estimate of drug-likeness (QED) is 0.109. The van der Waals surface area contributed by atoms with Crippen LogP contribution in [0, 0.1) is 23.7 Å². The second-order valence-electron chi connectivity index (χ2n) is 16.5. The first-order chi connectivity index (χ1) is 27.2. The molecule has 0 spiro atoms. The van der Waals surface area contributed by atoms with Crippen molar-refractivity contribution in [2.75, 3.05) is 13.7 Å². The molecule has 11 heteroatoms. The first-order valence-corrected chi connectivity index (χ1v) is 20.1. The molecule has 6 atom stereocenters. The van der Waals surface area contributed by atoms with Gasteiger partial charge in [0, 0.05) is 12.5 Å². The summed E-state index contributed by atoms with van der Waals surface area (Å²) in [5, 5.41) is 6.17. The van der Waals surface area contributed by atoms with Crippen molar-refractivity contribution in [3.63, 3.8) is 0 Å². The summed E-state index contributed by atoms with van der Waals surface area (Å²) >= 11 is 0. The minimum atomic E-state index is -0.675. The number of nitrogens with one attached hydrogen (secondary N) is 4. The Hall–Kier alpha value is -5.71. The Morgan fingerprint density at radius 2 is 1.38 bits per heavy atom. The van der Waals surface area contributed by atoms with Gasteiger partial charge in [0.25, 0.3) is 0 Å². The summed E-state index contributed by atoms with van der Waals surface area (Å²) in [6.45, 7) is 4.43. The molecule has 0 bridgehead atoms. The Morgan fingerprint density at radius 3 is 1.95 bits per heavy atom. The maximum absolute atomic E-state index is 13.8. The van der Waals surface area contributed by atoms with Crippen molar-refractivity contribution >= 4 is 17.9 Å². The summed E-state index contributed by atoms with van der Waals surface area (Å²) in [6, 6.07) is 26.4. The van der Waals surface area contributed by atoms with Crippen molar-refractivity contribution < 1.29 is 19.1 Å². The summed E-state index contributed by atoms with van der Waals surface area (Å²) in [4.78, 5) is 57.7. The van der Waals surface area contributed by atoms with Gasteiger partial charge in [0.05, 0.1) is 48.4 Å². The van der Waals surface area contributed by atoms with Crippen LogP contribution < -0.4 is 10.6 Å². The molecule has 11 nitrogen and oxygen atoms in total. The van der Waals surface area contributed by atoms with Crippen molar-refractivity contribution in [2.45, 2.75) is 75.9 Å². The van der Waals surface area contributed by atoms with Crippen LogP contribution in [0.4, 0.5) is 4.79 Å². The fourth-order valence-electron chi connectivity index (χ4n) is 9.43. The van der Waals surface area contributed by atoms with Gasteiger partial charge < -0.3 is 30.2 Å². The Morgan fingerprint density at radius 1 is 0.786 bits per heavy atom. The van der Waals surface area contributed by atoms with Crippen LogP contribution in [0.15, 0.2) is 91.3 Å². The van der Waals surface area contributed by atoms with E-state index in [-0.39, 0.29) is 41.1 Å². The largest absolute Gasteiger partial charge is 0.453 e. The van der Waals surface area contributed by atoms with Crippen LogP contribution in [0.25, 0.3) is 33.6 Å². The second-order valence-corrected chi connectivity index (χ2v) is 16.5. The van der Waals surface area contributed by atoms with Gasteiger partial charge in [-0.25, -0.2) is 14.8 Å². The summed E-state index contributed by atoms with van der Waals surface area (Å²) in [5.41, 5.74) is 7.10. The van der Waals surface area contributed by atoms with E-state index in [1.54, 1.807) is 0 Å². The van der Waals surface area contributed by atoms with Crippen molar-refractivity contribution in [3.8, 4) is 33.6 Å². The highest BCUT2D eigenvalue weighted by Crippen LogP contribution is 2.63. The first kappa shape index (κ1) is 36.0. The number of amides is 3. The molecular formula is C45H49N7O4. The second kappa shape index (κ2) is 14.4. The lowest BCUT2D eigenvalue weighted by atomic mass is 9.46. The molecule has 56 heavy (non-hydrogen) atoms. The Balaban J connectivity index is 0.848. The lowest BCUT2D eigenvalue weighted by Gasteiger charge is -2.57. The van der Waals surface area contributed by atoms with Crippen LogP contribution >= 0.6 is 0 Å². The fraction of sp³-hybridized carbons (Fsp3) is 0.400. The monoisotopic (exact) mass is 751 g/mol. The minimum absolute atomic E-state index is 0.0337. The highest BCUT2D eigenvalue weighted by Gasteiger charge is 2.61. The molecule has 288 valence electrons. The number of fused-ring (bicyclic) bond motifs is 1. The number of alkyl carbamates (subject to hydrolysis) is 1. The van der Waals surface area contributed by atoms with Crippen molar-refractivity contribution in [1.29, 1.82) is 0 Å². The Bertz CT molecular complexity index is 2220. The minimum Gasteiger partial charge on any atom is -0.453 e. The standard InChI is InChI=1S/C45H49N7O4/c1-26(2)39(50-44(55)56-3)43(54)52-23-7-10-36(52)40-46-24-34(48-40)29-15-11-27(12-16-29)28-13-17-30(18-14-28)35-25-47-41(49-35)37-32-19-20-33(32)38(37)42(53)51-45(21-22-45)31-8-5-4-6-9-31/h4-6,8-9,11-18,24-26,32-33,36-39H,7,10,19-23H2,1-3H3,(H,46,48)(H,47,49)(H,50,55)(H,51,53)/t32-,33?,36-,37+,38+,39-/m0/s1. The van der Waals surface area contributed by atoms with E-state index in [1.807, 2.05) is 37.2 Å². The number of aromatic nitrogens is 4. The van der Waals surface area contributed by atoms with Gasteiger partial charge in [-0.3, -0.25) is 9.59 Å². The van der Waals surface area contributed by atoms with Gasteiger partial charge in [0.15, 0.2) is 0 Å². The molecule has 3 aliphatic carbocycles. The molecule has 3 saturated carbocycles. The molecule has 5 aromatic rings. The normalized spacial score (nSPS) is 23.7. The number of nitrogens with zero attached hydrogens (tertiary/aromatic N) is 3. The zero-order chi connectivity index (χ0) is 38.6. The number of carbonyl (C=O) groups excluding carboxylic acids is 3. The van der Waals surface area contributed by atoms with E-state index in [4.69, 9.17) is 14.7 Å². The van der Waals surface area contributed by atoms with Gasteiger partial charge in [-0.05, 0) is 84.1 Å². The smallest absolute Gasteiger partial charge is 0.407 e. The Labute approximate surface area is 327 Å². The van der Waals surface area contributed by atoms with Gasteiger partial charge in [-0.15, -0.1) is 0 Å². The molecule has 3 aromatic carbocycles. The summed E-state index contributed by atoms with van der Waals surface area (Å²) in [7, 11) is 1.30. The molecule has 3 amide bonds. The van der Waals surface area contributed by atoms with E-state index in [2.05, 4.69) is 93.4 Å². The number of hydrogen-bond acceptors (Lipinski definition) is 6. The number of hydrogen-bond donors (Lipinski definition) is 4. The number of likely N-dealkylation sites (tertiary alicyclic amines) is 1. The van der Waals surface area contributed by atoms with Crippen LogP contribution in [0.1, 0.15) is 81.5 Å². The highest BCUT2D eigenvalue weighted by atomic mass is 16.5. The van der Waals surface area contributed by atoms with E-state index in [0.29, 0.717) is 18.4 Å². The zero-order valence-electron chi connectivity index (χ0n) is 32.1. The van der Waals surface area contributed by atoms with Gasteiger partial charge in [-0.1, -0.05) is 92.7 Å². The van der Waals surface area contributed by atoms with Crippen LogP contribution in [-0.4, -0.2) is 62.4 Å². The number of rotatable bonds is 11. The van der Waals surface area contributed by atoms with E-state index >= 15 is 0 Å². The SMILES string of the molecule is COC(=O)N[C@H](C(=O)N1CCC[C@H]1c1ncc(-c2ccc(-c3ccc(-c4cnc([C@H]5[C@H](C(=O)NC6(c7ccccc7)CC6)C6CC[C@@H]65)[nH]4)cc3)cc2)[nH]1)C(C)C. The van der Waals surface area contributed by atoms with Crippen molar-refractivity contribution in [3.05, 3.63) is 108 Å². The third-order valence-corrected chi connectivity index (χ3v) is 12.9. The molecule has 3 heterocycles.